The quantitative estimate of drug-likeness (QED) is 0.138. The molecule has 41 heavy (non-hydrogen) atoms. The highest BCUT2D eigenvalue weighted by molar-refractivity contribution is 7.99. The van der Waals surface area contributed by atoms with Gasteiger partial charge in [0.1, 0.15) is 17.1 Å². The number of hydrogen-bond donors (Lipinski definition) is 1. The van der Waals surface area contributed by atoms with Gasteiger partial charge in [-0.1, -0.05) is 41.6 Å². The highest BCUT2D eigenvalue weighted by Crippen LogP contribution is 2.37. The lowest BCUT2D eigenvalue weighted by Gasteiger charge is -2.29. The van der Waals surface area contributed by atoms with Crippen molar-refractivity contribution in [2.24, 2.45) is 0 Å². The number of amides is 2. The number of benzene rings is 3. The van der Waals surface area contributed by atoms with E-state index in [0.717, 1.165) is 28.8 Å². The number of carbonyl (C=O) groups excluding carboxylic acids is 2. The molecule has 0 bridgehead atoms. The predicted octanol–water partition coefficient (Wildman–Crippen LogP) is 7.53. The number of para-hydroxylation sites is 1. The Balaban J connectivity index is 1.47. The third-order valence-corrected chi connectivity index (χ3v) is 7.30. The van der Waals surface area contributed by atoms with Gasteiger partial charge in [-0.15, -0.1) is 0 Å². The van der Waals surface area contributed by atoms with E-state index in [1.54, 1.807) is 60.7 Å². The number of hydrogen-bond acceptors (Lipinski definition) is 6. The van der Waals surface area contributed by atoms with Gasteiger partial charge in [0, 0.05) is 21.0 Å². The Hall–Kier alpha value is -4.19. The molecule has 206 valence electrons. The van der Waals surface area contributed by atoms with Crippen LogP contribution >= 0.6 is 35.6 Å². The number of carbonyl (C=O) groups is 2. The van der Waals surface area contributed by atoms with Crippen LogP contribution in [0.1, 0.15) is 11.3 Å². The maximum absolute atomic E-state index is 13.5. The van der Waals surface area contributed by atoms with E-state index in [1.165, 1.54) is 0 Å². The summed E-state index contributed by atoms with van der Waals surface area (Å²) in [5, 5.41) is 2.77. The monoisotopic (exact) mass is 611 g/mol. The second kappa shape index (κ2) is 11.7. The molecule has 1 aromatic heterocycles. The maximum atomic E-state index is 13.5. The minimum Gasteiger partial charge on any atom is -0.457 e. The van der Waals surface area contributed by atoms with E-state index in [9.17, 15) is 22.8 Å². The van der Waals surface area contributed by atoms with Gasteiger partial charge in [-0.05, 0) is 85.0 Å². The van der Waals surface area contributed by atoms with E-state index in [1.807, 2.05) is 18.2 Å². The first-order valence-electron chi connectivity index (χ1n) is 11.8. The van der Waals surface area contributed by atoms with Crippen LogP contribution in [0.3, 0.4) is 0 Å². The van der Waals surface area contributed by atoms with E-state index >= 15 is 0 Å². The summed E-state index contributed by atoms with van der Waals surface area (Å²) in [6.45, 7) is 0. The van der Waals surface area contributed by atoms with Crippen molar-refractivity contribution in [1.29, 1.82) is 0 Å². The molecule has 0 saturated carbocycles. The fraction of sp³-hybridized carbons (Fsp3) is 0.0345. The minimum absolute atomic E-state index is 0.00386. The van der Waals surface area contributed by atoms with Crippen molar-refractivity contribution < 1.29 is 27.5 Å². The number of halogens is 4. The summed E-state index contributed by atoms with van der Waals surface area (Å²) in [4.78, 5) is 32.1. The van der Waals surface area contributed by atoms with Gasteiger partial charge in [0.25, 0.3) is 11.8 Å². The van der Waals surface area contributed by atoms with Crippen molar-refractivity contribution in [3.8, 4) is 11.5 Å². The lowest BCUT2D eigenvalue weighted by atomic mass is 10.1. The molecular formula is C29H17ClF3N3O3S2. The first-order chi connectivity index (χ1) is 19.6. The molecule has 2 heterocycles. The molecule has 0 spiro atoms. The molecule has 4 aromatic rings. The van der Waals surface area contributed by atoms with Crippen molar-refractivity contribution in [2.75, 3.05) is 4.90 Å². The lowest BCUT2D eigenvalue weighted by molar-refractivity contribution is -0.138. The van der Waals surface area contributed by atoms with Crippen LogP contribution in [-0.4, -0.2) is 21.9 Å². The number of ether oxygens (including phenoxy) is 1. The summed E-state index contributed by atoms with van der Waals surface area (Å²) in [6, 6.07) is 22.9. The van der Waals surface area contributed by atoms with Crippen molar-refractivity contribution in [3.05, 3.63) is 113 Å². The number of aromatic nitrogens is 1. The van der Waals surface area contributed by atoms with Crippen LogP contribution in [0.4, 0.5) is 18.9 Å². The number of anilines is 1. The highest BCUT2D eigenvalue weighted by atomic mass is 35.5. The van der Waals surface area contributed by atoms with Crippen molar-refractivity contribution in [3.63, 3.8) is 0 Å². The van der Waals surface area contributed by atoms with Gasteiger partial charge < -0.3 is 4.74 Å². The summed E-state index contributed by atoms with van der Waals surface area (Å²) in [6.07, 6.45) is -2.85. The number of rotatable bonds is 6. The third-order valence-electron chi connectivity index (χ3n) is 5.71. The normalized spacial score (nSPS) is 14.8. The predicted molar refractivity (Wildman–Crippen MR) is 154 cm³/mol. The molecule has 0 radical (unpaired) electrons. The fourth-order valence-electron chi connectivity index (χ4n) is 3.75. The zero-order valence-corrected chi connectivity index (χ0v) is 23.1. The van der Waals surface area contributed by atoms with Gasteiger partial charge >= 0.3 is 6.18 Å². The Labute approximate surface area is 246 Å². The summed E-state index contributed by atoms with van der Waals surface area (Å²) >= 11 is 12.2. The number of nitrogens with one attached hydrogen (secondary N) is 1. The van der Waals surface area contributed by atoms with E-state index in [0.29, 0.717) is 33.3 Å². The van der Waals surface area contributed by atoms with E-state index in [2.05, 4.69) is 10.3 Å². The summed E-state index contributed by atoms with van der Waals surface area (Å²) in [5.41, 5.74) is -0.983. The molecule has 1 N–H and O–H groups in total. The van der Waals surface area contributed by atoms with Crippen LogP contribution in [0.5, 0.6) is 11.5 Å². The Bertz CT molecular complexity index is 1660. The van der Waals surface area contributed by atoms with Gasteiger partial charge in [-0.3, -0.25) is 24.8 Å². The van der Waals surface area contributed by atoms with Gasteiger partial charge in [0.05, 0.1) is 16.9 Å². The Morgan fingerprint density at radius 2 is 1.61 bits per heavy atom. The first kappa shape index (κ1) is 28.3. The first-order valence-corrected chi connectivity index (χ1v) is 13.4. The molecule has 1 aliphatic heterocycles. The van der Waals surface area contributed by atoms with Gasteiger partial charge in [-0.2, -0.15) is 13.2 Å². The van der Waals surface area contributed by atoms with Crippen LogP contribution in [0.2, 0.25) is 5.02 Å². The average Bonchev–Trinajstić information content (AvgIpc) is 2.94. The molecule has 0 unspecified atom stereocenters. The molecule has 0 aliphatic carbocycles. The van der Waals surface area contributed by atoms with Crippen LogP contribution in [0.15, 0.2) is 106 Å². The third kappa shape index (κ3) is 6.59. The van der Waals surface area contributed by atoms with Crippen LogP contribution in [0, 0.1) is 0 Å². The van der Waals surface area contributed by atoms with E-state index in [-0.39, 0.29) is 21.3 Å². The SMILES string of the molecule is O=C1NC(=S)N(c2ccc(Oc3ccccc3)cc2)C(=O)C1=Cc1ncc(C(F)(F)F)cc1Sc1ccc(Cl)cc1. The van der Waals surface area contributed by atoms with Crippen molar-refractivity contribution in [1.82, 2.24) is 10.3 Å². The van der Waals surface area contributed by atoms with Crippen LogP contribution in [0.25, 0.3) is 6.08 Å². The van der Waals surface area contributed by atoms with E-state index < -0.39 is 23.6 Å². The largest absolute Gasteiger partial charge is 0.457 e. The van der Waals surface area contributed by atoms with Crippen molar-refractivity contribution >= 4 is 64.3 Å². The zero-order valence-electron chi connectivity index (χ0n) is 20.7. The molecule has 2 amide bonds. The topological polar surface area (TPSA) is 71.5 Å². The van der Waals surface area contributed by atoms with Crippen LogP contribution < -0.4 is 15.0 Å². The molecule has 6 nitrogen and oxygen atoms in total. The molecule has 1 saturated heterocycles. The fourth-order valence-corrected chi connectivity index (χ4v) is 5.08. The molecule has 12 heteroatoms. The second-order valence-electron chi connectivity index (χ2n) is 8.53. The number of pyridine rings is 1. The summed E-state index contributed by atoms with van der Waals surface area (Å²) < 4.78 is 46.2. The Morgan fingerprint density at radius 3 is 2.27 bits per heavy atom. The highest BCUT2D eigenvalue weighted by Gasteiger charge is 2.36. The van der Waals surface area contributed by atoms with Gasteiger partial charge in [-0.25, -0.2) is 0 Å². The second-order valence-corrected chi connectivity index (χ2v) is 10.5. The smallest absolute Gasteiger partial charge is 0.417 e. The van der Waals surface area contributed by atoms with Crippen LogP contribution in [-0.2, 0) is 15.8 Å². The summed E-state index contributed by atoms with van der Waals surface area (Å²) in [7, 11) is 0. The lowest BCUT2D eigenvalue weighted by Crippen LogP contribution is -2.54. The standard InChI is InChI=1S/C29H17ClF3N3O3S2/c30-18-6-12-22(13-7-18)41-25-14-17(29(31,32)33)16-34-24(25)15-23-26(37)35-28(40)36(27(23)38)19-8-10-21(11-9-19)39-20-4-2-1-3-5-20/h1-16H,(H,35,37,40). The Kier molecular flexibility index (Phi) is 8.11. The Morgan fingerprint density at radius 1 is 0.951 bits per heavy atom. The number of nitrogens with zero attached hydrogens (tertiary/aromatic N) is 2. The maximum Gasteiger partial charge on any atom is 0.417 e. The van der Waals surface area contributed by atoms with E-state index in [4.69, 9.17) is 28.6 Å². The molecule has 1 fully saturated rings. The molecule has 0 atom stereocenters. The number of thiocarbonyl (C=S) groups is 1. The molecule has 3 aromatic carbocycles. The molecule has 1 aliphatic rings. The van der Waals surface area contributed by atoms with Gasteiger partial charge in [0.15, 0.2) is 5.11 Å². The average molecular weight is 612 g/mol. The minimum atomic E-state index is -4.65. The number of alkyl halides is 3. The molecular weight excluding hydrogens is 595 g/mol. The van der Waals surface area contributed by atoms with Crippen molar-refractivity contribution in [2.45, 2.75) is 16.0 Å². The summed E-state index contributed by atoms with van der Waals surface area (Å²) in [5.74, 6) is -0.435. The zero-order chi connectivity index (χ0) is 29.1. The van der Waals surface area contributed by atoms with Gasteiger partial charge in [0.2, 0.25) is 0 Å². The molecule has 5 rings (SSSR count).